The van der Waals surface area contributed by atoms with Crippen LogP contribution in [0.4, 0.5) is 21.5 Å². The number of rotatable bonds is 4. The number of para-hydroxylation sites is 1. The first-order chi connectivity index (χ1) is 9.54. The summed E-state index contributed by atoms with van der Waals surface area (Å²) < 4.78 is 13.7. The summed E-state index contributed by atoms with van der Waals surface area (Å²) in [6.07, 6.45) is 0. The fraction of sp³-hybridized carbons (Fsp3) is 0.143. The van der Waals surface area contributed by atoms with Crippen molar-refractivity contribution in [2.45, 2.75) is 5.88 Å². The van der Waals surface area contributed by atoms with Gasteiger partial charge in [-0.25, -0.2) is 4.39 Å². The lowest BCUT2D eigenvalue weighted by Crippen LogP contribution is -2.11. The van der Waals surface area contributed by atoms with Gasteiger partial charge < -0.3 is 4.90 Å². The van der Waals surface area contributed by atoms with Gasteiger partial charge in [0.25, 0.3) is 5.69 Å². The molecular weight excluding hydrogens is 283 g/mol. The number of nitro benzene ring substituents is 1. The molecule has 0 radical (unpaired) electrons. The molecule has 0 fully saturated rings. The Morgan fingerprint density at radius 1 is 1.30 bits per heavy atom. The molecule has 0 saturated heterocycles. The van der Waals surface area contributed by atoms with E-state index in [2.05, 4.69) is 0 Å². The van der Waals surface area contributed by atoms with Gasteiger partial charge in [0.05, 0.1) is 16.5 Å². The number of hydrogen-bond acceptors (Lipinski definition) is 3. The van der Waals surface area contributed by atoms with Crippen molar-refractivity contribution in [3.8, 4) is 0 Å². The van der Waals surface area contributed by atoms with E-state index in [0.29, 0.717) is 16.9 Å². The Morgan fingerprint density at radius 3 is 2.60 bits per heavy atom. The van der Waals surface area contributed by atoms with Gasteiger partial charge in [-0.3, -0.25) is 10.1 Å². The quantitative estimate of drug-likeness (QED) is 0.481. The average Bonchev–Trinajstić information content (AvgIpc) is 2.46. The Kier molecular flexibility index (Phi) is 4.20. The number of benzene rings is 2. The first kappa shape index (κ1) is 14.3. The molecule has 0 N–H and O–H groups in total. The van der Waals surface area contributed by atoms with Crippen molar-refractivity contribution < 1.29 is 9.31 Å². The average molecular weight is 295 g/mol. The van der Waals surface area contributed by atoms with E-state index >= 15 is 0 Å². The molecule has 2 aromatic carbocycles. The van der Waals surface area contributed by atoms with Crippen LogP contribution >= 0.6 is 11.6 Å². The Bertz CT molecular complexity index is 649. The fourth-order valence-electron chi connectivity index (χ4n) is 1.93. The summed E-state index contributed by atoms with van der Waals surface area (Å²) in [6, 6.07) is 10.9. The highest BCUT2D eigenvalue weighted by atomic mass is 35.5. The molecule has 0 aliphatic heterocycles. The van der Waals surface area contributed by atoms with Crippen molar-refractivity contribution in [3.63, 3.8) is 0 Å². The SMILES string of the molecule is CN(c1ccc([N+](=O)[O-])c(CCl)c1)c1ccccc1F. The van der Waals surface area contributed by atoms with Crippen LogP contribution < -0.4 is 4.90 Å². The number of anilines is 2. The van der Waals surface area contributed by atoms with Gasteiger partial charge in [0, 0.05) is 24.4 Å². The summed E-state index contributed by atoms with van der Waals surface area (Å²) in [5.41, 5.74) is 1.39. The summed E-state index contributed by atoms with van der Waals surface area (Å²) in [5.74, 6) is -0.337. The molecule has 4 nitrogen and oxygen atoms in total. The molecule has 0 spiro atoms. The second kappa shape index (κ2) is 5.88. The van der Waals surface area contributed by atoms with Crippen molar-refractivity contribution >= 4 is 28.7 Å². The molecule has 0 aliphatic carbocycles. The van der Waals surface area contributed by atoms with Crippen molar-refractivity contribution in [1.82, 2.24) is 0 Å². The first-order valence-electron chi connectivity index (χ1n) is 5.86. The number of nitro groups is 1. The maximum Gasteiger partial charge on any atom is 0.273 e. The van der Waals surface area contributed by atoms with E-state index in [1.54, 1.807) is 42.3 Å². The summed E-state index contributed by atoms with van der Waals surface area (Å²) in [7, 11) is 1.69. The van der Waals surface area contributed by atoms with Crippen molar-refractivity contribution in [3.05, 3.63) is 64.0 Å². The van der Waals surface area contributed by atoms with E-state index in [4.69, 9.17) is 11.6 Å². The molecule has 2 aromatic rings. The Balaban J connectivity index is 2.43. The van der Waals surface area contributed by atoms with Crippen LogP contribution in [0.1, 0.15) is 5.56 Å². The molecule has 0 saturated carbocycles. The van der Waals surface area contributed by atoms with Crippen LogP contribution in [0.5, 0.6) is 0 Å². The molecular formula is C14H12ClFN2O2. The van der Waals surface area contributed by atoms with Crippen molar-refractivity contribution in [1.29, 1.82) is 0 Å². The van der Waals surface area contributed by atoms with Gasteiger partial charge in [0.2, 0.25) is 0 Å². The molecule has 0 aromatic heterocycles. The van der Waals surface area contributed by atoms with E-state index in [0.717, 1.165) is 0 Å². The normalized spacial score (nSPS) is 10.3. The van der Waals surface area contributed by atoms with Crippen LogP contribution in [0.3, 0.4) is 0 Å². The van der Waals surface area contributed by atoms with E-state index in [-0.39, 0.29) is 17.4 Å². The second-order valence-corrected chi connectivity index (χ2v) is 4.48. The lowest BCUT2D eigenvalue weighted by atomic mass is 10.1. The Labute approximate surface area is 120 Å². The summed E-state index contributed by atoms with van der Waals surface area (Å²) in [4.78, 5) is 12.0. The molecule has 20 heavy (non-hydrogen) atoms. The molecule has 0 amide bonds. The molecule has 104 valence electrons. The highest BCUT2D eigenvalue weighted by Crippen LogP contribution is 2.30. The Morgan fingerprint density at radius 2 is 2.00 bits per heavy atom. The van der Waals surface area contributed by atoms with Gasteiger partial charge in [-0.15, -0.1) is 11.6 Å². The molecule has 2 rings (SSSR count). The molecule has 0 bridgehead atoms. The zero-order valence-electron chi connectivity index (χ0n) is 10.7. The molecule has 6 heteroatoms. The van der Waals surface area contributed by atoms with Crippen LogP contribution in [0.2, 0.25) is 0 Å². The predicted molar refractivity (Wildman–Crippen MR) is 77.1 cm³/mol. The third-order valence-corrected chi connectivity index (χ3v) is 3.29. The van der Waals surface area contributed by atoms with Crippen molar-refractivity contribution in [2.75, 3.05) is 11.9 Å². The van der Waals surface area contributed by atoms with Gasteiger partial charge in [0.15, 0.2) is 0 Å². The summed E-state index contributed by atoms with van der Waals surface area (Å²) in [5, 5.41) is 10.9. The minimum Gasteiger partial charge on any atom is -0.342 e. The smallest absolute Gasteiger partial charge is 0.273 e. The van der Waals surface area contributed by atoms with Gasteiger partial charge in [-0.2, -0.15) is 0 Å². The Hall–Kier alpha value is -2.14. The van der Waals surface area contributed by atoms with Gasteiger partial charge in [-0.05, 0) is 24.3 Å². The molecule has 0 aliphatic rings. The number of hydrogen-bond donors (Lipinski definition) is 0. The zero-order valence-corrected chi connectivity index (χ0v) is 11.5. The monoisotopic (exact) mass is 294 g/mol. The van der Waals surface area contributed by atoms with Gasteiger partial charge in [-0.1, -0.05) is 12.1 Å². The minimum absolute atomic E-state index is 0.0231. The highest BCUT2D eigenvalue weighted by Gasteiger charge is 2.16. The van der Waals surface area contributed by atoms with E-state index in [9.17, 15) is 14.5 Å². The van der Waals surface area contributed by atoms with E-state index in [1.807, 2.05) is 0 Å². The van der Waals surface area contributed by atoms with Crippen LogP contribution in [-0.2, 0) is 5.88 Å². The fourth-order valence-corrected chi connectivity index (χ4v) is 2.14. The van der Waals surface area contributed by atoms with Gasteiger partial charge in [0.1, 0.15) is 5.82 Å². The summed E-state index contributed by atoms with van der Waals surface area (Å²) >= 11 is 5.73. The standard InChI is InChI=1S/C14H12ClFN2O2/c1-17(14-5-3-2-4-12(14)16)11-6-7-13(18(19)20)10(8-11)9-15/h2-8H,9H2,1H3. The van der Waals surface area contributed by atoms with Crippen LogP contribution in [0.15, 0.2) is 42.5 Å². The maximum absolute atomic E-state index is 13.7. The topological polar surface area (TPSA) is 46.4 Å². The zero-order chi connectivity index (χ0) is 14.7. The molecule has 0 heterocycles. The van der Waals surface area contributed by atoms with Crippen molar-refractivity contribution in [2.24, 2.45) is 0 Å². The third kappa shape index (κ3) is 2.72. The van der Waals surface area contributed by atoms with E-state index < -0.39 is 4.92 Å². The van der Waals surface area contributed by atoms with Crippen LogP contribution in [0.25, 0.3) is 0 Å². The predicted octanol–water partition coefficient (Wildman–Crippen LogP) is 4.24. The lowest BCUT2D eigenvalue weighted by Gasteiger charge is -2.20. The first-order valence-corrected chi connectivity index (χ1v) is 6.39. The minimum atomic E-state index is -0.482. The van der Waals surface area contributed by atoms with Crippen LogP contribution in [-0.4, -0.2) is 12.0 Å². The second-order valence-electron chi connectivity index (χ2n) is 4.21. The summed E-state index contributed by atoms with van der Waals surface area (Å²) in [6.45, 7) is 0. The highest BCUT2D eigenvalue weighted by molar-refractivity contribution is 6.17. The molecule has 0 unspecified atom stereocenters. The number of alkyl halides is 1. The molecule has 0 atom stereocenters. The maximum atomic E-state index is 13.7. The largest absolute Gasteiger partial charge is 0.342 e. The van der Waals surface area contributed by atoms with E-state index in [1.165, 1.54) is 12.1 Å². The third-order valence-electron chi connectivity index (χ3n) is 3.00. The number of halogens is 2. The lowest BCUT2D eigenvalue weighted by molar-refractivity contribution is -0.385. The van der Waals surface area contributed by atoms with Crippen LogP contribution in [0, 0.1) is 15.9 Å². The van der Waals surface area contributed by atoms with Gasteiger partial charge >= 0.3 is 0 Å². The number of nitrogens with zero attached hydrogens (tertiary/aromatic N) is 2.